The fraction of sp³-hybridized carbons (Fsp3) is 0.231. The molecule has 5 heteroatoms. The first kappa shape index (κ1) is 10.8. The normalized spacial score (nSPS) is 17.0. The van der Waals surface area contributed by atoms with Crippen LogP contribution in [-0.4, -0.2) is 17.1 Å². The molecule has 0 spiro atoms. The van der Waals surface area contributed by atoms with Crippen molar-refractivity contribution < 1.29 is 9.32 Å². The Balaban J connectivity index is 1.59. The highest BCUT2D eigenvalue weighted by Crippen LogP contribution is 2.25. The van der Waals surface area contributed by atoms with Gasteiger partial charge in [0.15, 0.2) is 0 Å². The summed E-state index contributed by atoms with van der Waals surface area (Å²) in [6.45, 7) is 0.393. The van der Waals surface area contributed by atoms with Crippen molar-refractivity contribution in [3.05, 3.63) is 47.9 Å². The van der Waals surface area contributed by atoms with Crippen molar-refractivity contribution in [2.24, 2.45) is 0 Å². The zero-order valence-corrected chi connectivity index (χ0v) is 9.72. The number of nitrogens with zero attached hydrogens (tertiary/aromatic N) is 1. The molecule has 0 radical (unpaired) electrons. The number of hydrogen-bond donors (Lipinski definition) is 2. The SMILES string of the molecule is O=C(NCc1ccon1)C1Cc2ccccc2N1. The Bertz CT molecular complexity index is 526. The monoisotopic (exact) mass is 243 g/mol. The predicted molar refractivity (Wildman–Crippen MR) is 65.9 cm³/mol. The van der Waals surface area contributed by atoms with Gasteiger partial charge in [-0.2, -0.15) is 0 Å². The minimum Gasteiger partial charge on any atom is -0.373 e. The molecule has 1 aliphatic heterocycles. The quantitative estimate of drug-likeness (QED) is 0.853. The summed E-state index contributed by atoms with van der Waals surface area (Å²) in [6.07, 6.45) is 2.21. The number of hydrogen-bond acceptors (Lipinski definition) is 4. The van der Waals surface area contributed by atoms with Crippen LogP contribution in [0.1, 0.15) is 11.3 Å². The van der Waals surface area contributed by atoms with Crippen LogP contribution in [0.3, 0.4) is 0 Å². The molecule has 0 saturated heterocycles. The molecule has 2 N–H and O–H groups in total. The van der Waals surface area contributed by atoms with E-state index in [-0.39, 0.29) is 11.9 Å². The van der Waals surface area contributed by atoms with E-state index in [0.29, 0.717) is 6.54 Å². The zero-order chi connectivity index (χ0) is 12.4. The summed E-state index contributed by atoms with van der Waals surface area (Å²) >= 11 is 0. The van der Waals surface area contributed by atoms with E-state index in [1.54, 1.807) is 6.07 Å². The average Bonchev–Trinajstić information content (AvgIpc) is 3.04. The van der Waals surface area contributed by atoms with Crippen molar-refractivity contribution in [1.82, 2.24) is 10.5 Å². The Morgan fingerprint density at radius 3 is 3.11 bits per heavy atom. The third-order valence-corrected chi connectivity index (χ3v) is 3.02. The molecule has 0 saturated carbocycles. The Labute approximate surface area is 104 Å². The Morgan fingerprint density at radius 1 is 1.44 bits per heavy atom. The number of fused-ring (bicyclic) bond motifs is 1. The lowest BCUT2D eigenvalue weighted by Gasteiger charge is -2.10. The second-order valence-electron chi connectivity index (χ2n) is 4.27. The van der Waals surface area contributed by atoms with Crippen molar-refractivity contribution in [3.8, 4) is 0 Å². The summed E-state index contributed by atoms with van der Waals surface area (Å²) in [5.41, 5.74) is 2.94. The van der Waals surface area contributed by atoms with Crippen LogP contribution in [0, 0.1) is 0 Å². The van der Waals surface area contributed by atoms with E-state index in [1.807, 2.05) is 24.3 Å². The van der Waals surface area contributed by atoms with Gasteiger partial charge in [-0.1, -0.05) is 23.4 Å². The lowest BCUT2D eigenvalue weighted by atomic mass is 10.1. The molecular weight excluding hydrogens is 230 g/mol. The molecule has 0 fully saturated rings. The second-order valence-corrected chi connectivity index (χ2v) is 4.27. The predicted octanol–water partition coefficient (Wildman–Crippen LogP) is 1.33. The molecule has 18 heavy (non-hydrogen) atoms. The summed E-state index contributed by atoms with van der Waals surface area (Å²) in [5, 5.41) is 9.79. The van der Waals surface area contributed by atoms with Gasteiger partial charge in [0.1, 0.15) is 18.0 Å². The van der Waals surface area contributed by atoms with Crippen molar-refractivity contribution in [3.63, 3.8) is 0 Å². The highest BCUT2D eigenvalue weighted by molar-refractivity contribution is 5.87. The van der Waals surface area contributed by atoms with Crippen LogP contribution in [0.25, 0.3) is 0 Å². The molecule has 1 unspecified atom stereocenters. The smallest absolute Gasteiger partial charge is 0.243 e. The first-order valence-corrected chi connectivity index (χ1v) is 5.84. The Hall–Kier alpha value is -2.30. The number of carbonyl (C=O) groups excluding carboxylic acids is 1. The second kappa shape index (κ2) is 4.52. The topological polar surface area (TPSA) is 67.2 Å². The number of rotatable bonds is 3. The third kappa shape index (κ3) is 2.07. The maximum absolute atomic E-state index is 12.0. The van der Waals surface area contributed by atoms with Gasteiger partial charge in [0.25, 0.3) is 0 Å². The minimum absolute atomic E-state index is 0.0193. The number of para-hydroxylation sites is 1. The van der Waals surface area contributed by atoms with Crippen molar-refractivity contribution >= 4 is 11.6 Å². The van der Waals surface area contributed by atoms with Crippen molar-refractivity contribution in [2.45, 2.75) is 19.0 Å². The fourth-order valence-corrected chi connectivity index (χ4v) is 2.09. The molecule has 1 aromatic carbocycles. The van der Waals surface area contributed by atoms with Gasteiger partial charge in [-0.25, -0.2) is 0 Å². The van der Waals surface area contributed by atoms with Gasteiger partial charge in [0.2, 0.25) is 5.91 Å². The summed E-state index contributed by atoms with van der Waals surface area (Å²) in [5.74, 6) is -0.0193. The van der Waals surface area contributed by atoms with E-state index in [0.717, 1.165) is 17.8 Å². The van der Waals surface area contributed by atoms with Crippen molar-refractivity contribution in [2.75, 3.05) is 5.32 Å². The first-order valence-electron chi connectivity index (χ1n) is 5.84. The number of anilines is 1. The van der Waals surface area contributed by atoms with Gasteiger partial charge in [0, 0.05) is 18.2 Å². The largest absolute Gasteiger partial charge is 0.373 e. The Kier molecular flexibility index (Phi) is 2.72. The van der Waals surface area contributed by atoms with Crippen LogP contribution in [-0.2, 0) is 17.8 Å². The fourth-order valence-electron chi connectivity index (χ4n) is 2.09. The van der Waals surface area contributed by atoms with Crippen LogP contribution in [0.4, 0.5) is 5.69 Å². The molecule has 1 atom stereocenters. The van der Waals surface area contributed by atoms with E-state index >= 15 is 0 Å². The number of amides is 1. The van der Waals surface area contributed by atoms with Crippen LogP contribution in [0.15, 0.2) is 41.1 Å². The van der Waals surface area contributed by atoms with Crippen LogP contribution in [0.2, 0.25) is 0 Å². The van der Waals surface area contributed by atoms with Gasteiger partial charge in [0.05, 0.1) is 6.54 Å². The number of nitrogens with one attached hydrogen (secondary N) is 2. The molecule has 0 aliphatic carbocycles. The summed E-state index contributed by atoms with van der Waals surface area (Å²) in [4.78, 5) is 12.0. The lowest BCUT2D eigenvalue weighted by Crippen LogP contribution is -2.38. The zero-order valence-electron chi connectivity index (χ0n) is 9.72. The molecule has 2 heterocycles. The van der Waals surface area contributed by atoms with E-state index in [4.69, 9.17) is 4.52 Å². The molecule has 1 aliphatic rings. The first-order chi connectivity index (χ1) is 8.83. The van der Waals surface area contributed by atoms with E-state index in [2.05, 4.69) is 15.8 Å². The highest BCUT2D eigenvalue weighted by Gasteiger charge is 2.25. The third-order valence-electron chi connectivity index (χ3n) is 3.02. The number of carbonyl (C=O) groups is 1. The van der Waals surface area contributed by atoms with Gasteiger partial charge in [-0.05, 0) is 11.6 Å². The maximum atomic E-state index is 12.0. The van der Waals surface area contributed by atoms with Gasteiger partial charge in [-0.15, -0.1) is 0 Å². The minimum atomic E-state index is -0.200. The van der Waals surface area contributed by atoms with Crippen LogP contribution >= 0.6 is 0 Å². The number of benzene rings is 1. The van der Waals surface area contributed by atoms with Gasteiger partial charge < -0.3 is 15.2 Å². The van der Waals surface area contributed by atoms with Gasteiger partial charge >= 0.3 is 0 Å². The molecular formula is C13H13N3O2. The molecule has 5 nitrogen and oxygen atoms in total. The van der Waals surface area contributed by atoms with Crippen LogP contribution < -0.4 is 10.6 Å². The number of aromatic nitrogens is 1. The molecule has 1 amide bonds. The van der Waals surface area contributed by atoms with E-state index < -0.39 is 0 Å². The molecule has 0 bridgehead atoms. The highest BCUT2D eigenvalue weighted by atomic mass is 16.5. The Morgan fingerprint density at radius 2 is 2.33 bits per heavy atom. The maximum Gasteiger partial charge on any atom is 0.243 e. The summed E-state index contributed by atoms with van der Waals surface area (Å²) < 4.78 is 4.71. The summed E-state index contributed by atoms with van der Waals surface area (Å²) in [6, 6.07) is 9.50. The van der Waals surface area contributed by atoms with Gasteiger partial charge in [-0.3, -0.25) is 4.79 Å². The lowest BCUT2D eigenvalue weighted by molar-refractivity contribution is -0.121. The standard InChI is InChI=1S/C13H13N3O2/c17-13(14-8-10-5-6-18-16-10)12-7-9-3-1-2-4-11(9)15-12/h1-6,12,15H,7-8H2,(H,14,17). The molecule has 92 valence electrons. The van der Waals surface area contributed by atoms with E-state index in [9.17, 15) is 4.79 Å². The van der Waals surface area contributed by atoms with E-state index in [1.165, 1.54) is 11.8 Å². The average molecular weight is 243 g/mol. The van der Waals surface area contributed by atoms with Crippen molar-refractivity contribution in [1.29, 1.82) is 0 Å². The van der Waals surface area contributed by atoms with Crippen LogP contribution in [0.5, 0.6) is 0 Å². The molecule has 2 aromatic rings. The molecule has 1 aromatic heterocycles. The summed E-state index contributed by atoms with van der Waals surface area (Å²) in [7, 11) is 0. The molecule has 3 rings (SSSR count).